The van der Waals surface area contributed by atoms with Gasteiger partial charge in [-0.3, -0.25) is 4.79 Å². The highest BCUT2D eigenvalue weighted by atomic mass is 35.5. The van der Waals surface area contributed by atoms with Gasteiger partial charge in [0.2, 0.25) is 0 Å². The third-order valence-electron chi connectivity index (χ3n) is 2.47. The third kappa shape index (κ3) is 2.53. The average Bonchev–Trinajstić information content (AvgIpc) is 2.59. The SMILES string of the molecule is NC1=NN(C(c2ccccc2)C(Cl)Cl)C(=O)C1. The van der Waals surface area contributed by atoms with Crippen LogP contribution in [0.2, 0.25) is 0 Å². The van der Waals surface area contributed by atoms with Gasteiger partial charge in [-0.15, -0.1) is 23.2 Å². The van der Waals surface area contributed by atoms with Gasteiger partial charge in [0.1, 0.15) is 16.7 Å². The summed E-state index contributed by atoms with van der Waals surface area (Å²) in [4.78, 5) is 11.0. The Kier molecular flexibility index (Phi) is 3.54. The van der Waals surface area contributed by atoms with Crippen molar-refractivity contribution in [3.63, 3.8) is 0 Å². The van der Waals surface area contributed by atoms with Gasteiger partial charge in [0, 0.05) is 0 Å². The zero-order valence-electron chi connectivity index (χ0n) is 8.88. The first-order valence-electron chi connectivity index (χ1n) is 5.07. The fraction of sp³-hybridized carbons (Fsp3) is 0.273. The van der Waals surface area contributed by atoms with E-state index in [1.165, 1.54) is 5.01 Å². The minimum atomic E-state index is -0.768. The number of nitrogens with zero attached hydrogens (tertiary/aromatic N) is 2. The molecule has 1 aromatic carbocycles. The highest BCUT2D eigenvalue weighted by molar-refractivity contribution is 6.44. The minimum absolute atomic E-state index is 0.115. The smallest absolute Gasteiger partial charge is 0.251 e. The van der Waals surface area contributed by atoms with E-state index in [4.69, 9.17) is 28.9 Å². The molecular formula is C11H11Cl2N3O. The number of benzene rings is 1. The van der Waals surface area contributed by atoms with Crippen molar-refractivity contribution in [3.05, 3.63) is 35.9 Å². The van der Waals surface area contributed by atoms with Crippen LogP contribution in [0.3, 0.4) is 0 Å². The molecule has 4 nitrogen and oxygen atoms in total. The van der Waals surface area contributed by atoms with E-state index in [1.54, 1.807) is 0 Å². The molecule has 1 aliphatic rings. The Morgan fingerprint density at radius 2 is 1.94 bits per heavy atom. The standard InChI is InChI=1S/C11H11Cl2N3O/c12-11(13)10(7-4-2-1-3-5-7)16-9(17)6-8(14)15-16/h1-5,10-11H,6H2,(H2,14,15). The van der Waals surface area contributed by atoms with E-state index in [1.807, 2.05) is 30.3 Å². The maximum atomic E-state index is 11.7. The van der Waals surface area contributed by atoms with Crippen LogP contribution in [0.25, 0.3) is 0 Å². The number of hydrogen-bond donors (Lipinski definition) is 1. The molecule has 90 valence electrons. The predicted octanol–water partition coefficient (Wildman–Crippen LogP) is 2.04. The topological polar surface area (TPSA) is 58.7 Å². The molecule has 1 amide bonds. The number of halogens is 2. The Morgan fingerprint density at radius 3 is 2.41 bits per heavy atom. The molecule has 0 saturated heterocycles. The maximum absolute atomic E-state index is 11.7. The van der Waals surface area contributed by atoms with Crippen molar-refractivity contribution in [2.24, 2.45) is 10.8 Å². The van der Waals surface area contributed by atoms with E-state index in [0.29, 0.717) is 0 Å². The summed E-state index contributed by atoms with van der Waals surface area (Å²) in [6, 6.07) is 8.77. The molecule has 0 saturated carbocycles. The lowest BCUT2D eigenvalue weighted by atomic mass is 10.1. The third-order valence-corrected chi connectivity index (χ3v) is 2.94. The average molecular weight is 272 g/mol. The summed E-state index contributed by atoms with van der Waals surface area (Å²) < 4.78 is 0. The van der Waals surface area contributed by atoms with Crippen molar-refractivity contribution in [3.8, 4) is 0 Å². The number of hydrogen-bond acceptors (Lipinski definition) is 3. The van der Waals surface area contributed by atoms with Gasteiger partial charge in [0.05, 0.1) is 6.42 Å². The molecule has 0 spiro atoms. The number of hydrazone groups is 1. The van der Waals surface area contributed by atoms with Crippen LogP contribution in [0, 0.1) is 0 Å². The van der Waals surface area contributed by atoms with Crippen molar-refractivity contribution in [1.82, 2.24) is 5.01 Å². The Labute approximate surface area is 109 Å². The van der Waals surface area contributed by atoms with Crippen LogP contribution >= 0.6 is 23.2 Å². The van der Waals surface area contributed by atoms with Crippen LogP contribution in [-0.4, -0.2) is 21.6 Å². The Balaban J connectivity index is 2.34. The summed E-state index contributed by atoms with van der Waals surface area (Å²) in [6.07, 6.45) is 0.115. The summed E-state index contributed by atoms with van der Waals surface area (Å²) in [5.74, 6) is 0.0903. The molecule has 2 rings (SSSR count). The zero-order valence-corrected chi connectivity index (χ0v) is 10.4. The van der Waals surface area contributed by atoms with Crippen LogP contribution in [-0.2, 0) is 4.79 Å². The predicted molar refractivity (Wildman–Crippen MR) is 67.8 cm³/mol. The molecular weight excluding hydrogens is 261 g/mol. The first-order chi connectivity index (χ1) is 8.09. The van der Waals surface area contributed by atoms with Crippen LogP contribution < -0.4 is 5.73 Å². The number of nitrogens with two attached hydrogens (primary N) is 1. The highest BCUT2D eigenvalue weighted by Gasteiger charge is 2.34. The van der Waals surface area contributed by atoms with E-state index in [0.717, 1.165) is 5.56 Å². The second-order valence-electron chi connectivity index (χ2n) is 3.70. The molecule has 0 radical (unpaired) electrons. The van der Waals surface area contributed by atoms with Crippen molar-refractivity contribution in [1.29, 1.82) is 0 Å². The van der Waals surface area contributed by atoms with Crippen LogP contribution in [0.1, 0.15) is 18.0 Å². The molecule has 0 aromatic heterocycles. The van der Waals surface area contributed by atoms with Gasteiger partial charge in [-0.2, -0.15) is 5.10 Å². The Hall–Kier alpha value is -1.26. The van der Waals surface area contributed by atoms with Crippen LogP contribution in [0.5, 0.6) is 0 Å². The molecule has 6 heteroatoms. The molecule has 17 heavy (non-hydrogen) atoms. The second-order valence-corrected chi connectivity index (χ2v) is 4.86. The number of amidine groups is 1. The molecule has 0 fully saturated rings. The normalized spacial score (nSPS) is 17.5. The molecule has 1 aliphatic heterocycles. The first-order valence-corrected chi connectivity index (χ1v) is 5.95. The summed E-state index contributed by atoms with van der Waals surface area (Å²) in [5, 5.41) is 5.24. The van der Waals surface area contributed by atoms with Gasteiger partial charge in [-0.1, -0.05) is 30.3 Å². The largest absolute Gasteiger partial charge is 0.385 e. The van der Waals surface area contributed by atoms with Crippen molar-refractivity contribution < 1.29 is 4.79 Å². The number of carbonyl (C=O) groups is 1. The fourth-order valence-electron chi connectivity index (χ4n) is 1.73. The summed E-state index contributed by atoms with van der Waals surface area (Å²) in [5.41, 5.74) is 6.36. The lowest BCUT2D eigenvalue weighted by Crippen LogP contribution is -2.30. The van der Waals surface area contributed by atoms with Gasteiger partial charge in [-0.05, 0) is 5.56 Å². The zero-order chi connectivity index (χ0) is 12.4. The fourth-order valence-corrected chi connectivity index (χ4v) is 2.23. The molecule has 1 aromatic rings. The van der Waals surface area contributed by atoms with Gasteiger partial charge in [-0.25, -0.2) is 5.01 Å². The lowest BCUT2D eigenvalue weighted by Gasteiger charge is -2.25. The van der Waals surface area contributed by atoms with E-state index >= 15 is 0 Å². The molecule has 1 unspecified atom stereocenters. The lowest BCUT2D eigenvalue weighted by molar-refractivity contribution is -0.130. The second kappa shape index (κ2) is 4.94. The van der Waals surface area contributed by atoms with E-state index in [2.05, 4.69) is 5.10 Å². The summed E-state index contributed by atoms with van der Waals surface area (Å²) in [6.45, 7) is 0. The first kappa shape index (κ1) is 12.2. The molecule has 0 bridgehead atoms. The van der Waals surface area contributed by atoms with E-state index in [9.17, 15) is 4.79 Å². The number of rotatable bonds is 3. The van der Waals surface area contributed by atoms with Gasteiger partial charge in [0.25, 0.3) is 5.91 Å². The van der Waals surface area contributed by atoms with E-state index < -0.39 is 10.9 Å². The van der Waals surface area contributed by atoms with Crippen molar-refractivity contribution in [2.75, 3.05) is 0 Å². The quantitative estimate of drug-likeness (QED) is 0.856. The van der Waals surface area contributed by atoms with Crippen molar-refractivity contribution >= 4 is 34.9 Å². The number of amides is 1. The Morgan fingerprint density at radius 1 is 1.29 bits per heavy atom. The minimum Gasteiger partial charge on any atom is -0.385 e. The van der Waals surface area contributed by atoms with Gasteiger partial charge in [0.15, 0.2) is 0 Å². The molecule has 0 aliphatic carbocycles. The monoisotopic (exact) mass is 271 g/mol. The van der Waals surface area contributed by atoms with Crippen LogP contribution in [0.15, 0.2) is 35.4 Å². The Bertz CT molecular complexity index is 447. The van der Waals surface area contributed by atoms with Gasteiger partial charge < -0.3 is 5.73 Å². The van der Waals surface area contributed by atoms with Crippen molar-refractivity contribution in [2.45, 2.75) is 17.3 Å². The number of alkyl halides is 2. The number of carbonyl (C=O) groups excluding carboxylic acids is 1. The molecule has 1 atom stereocenters. The summed E-state index contributed by atoms with van der Waals surface area (Å²) >= 11 is 11.9. The van der Waals surface area contributed by atoms with Gasteiger partial charge >= 0.3 is 0 Å². The maximum Gasteiger partial charge on any atom is 0.251 e. The molecule has 1 heterocycles. The summed E-state index contributed by atoms with van der Waals surface area (Å²) in [7, 11) is 0. The highest BCUT2D eigenvalue weighted by Crippen LogP contribution is 2.32. The molecule has 2 N–H and O–H groups in total. The van der Waals surface area contributed by atoms with Crippen LogP contribution in [0.4, 0.5) is 0 Å². The van der Waals surface area contributed by atoms with E-state index in [-0.39, 0.29) is 18.2 Å².